The third kappa shape index (κ3) is 1.74. The number of hydrogen-bond acceptors (Lipinski definition) is 5. The molecule has 0 spiro atoms. The Morgan fingerprint density at radius 2 is 2.08 bits per heavy atom. The summed E-state index contributed by atoms with van der Waals surface area (Å²) in [5, 5.41) is 0. The van der Waals surface area contributed by atoms with Crippen molar-refractivity contribution in [1.29, 1.82) is 0 Å². The number of fused-ring (bicyclic) bond motifs is 2. The zero-order valence-corrected chi connectivity index (χ0v) is 14.0. The Morgan fingerprint density at radius 1 is 1.29 bits per heavy atom. The van der Waals surface area contributed by atoms with Crippen LogP contribution in [0.25, 0.3) is 0 Å². The first kappa shape index (κ1) is 14.5. The Morgan fingerprint density at radius 3 is 2.88 bits per heavy atom. The third-order valence-electron chi connectivity index (χ3n) is 6.30. The lowest BCUT2D eigenvalue weighted by atomic mass is 9.56. The van der Waals surface area contributed by atoms with Crippen molar-refractivity contribution < 1.29 is 19.0 Å². The molecule has 0 radical (unpaired) electrons. The fraction of sp³-hybridized carbons (Fsp3) is 0.526. The number of carbonyl (C=O) groups excluding carboxylic acids is 1. The molecule has 0 aromatic heterocycles. The van der Waals surface area contributed by atoms with Gasteiger partial charge in [-0.05, 0) is 67.8 Å². The molecule has 0 amide bonds. The lowest BCUT2D eigenvalue weighted by Gasteiger charge is -2.54. The van der Waals surface area contributed by atoms with Crippen molar-refractivity contribution in [2.24, 2.45) is 0 Å². The fourth-order valence-electron chi connectivity index (χ4n) is 5.01. The molecule has 0 N–H and O–H groups in total. The molecule has 24 heavy (non-hydrogen) atoms. The minimum absolute atomic E-state index is 0.104. The number of carbonyl (C=O) groups is 1. The van der Waals surface area contributed by atoms with Crippen LogP contribution in [0.2, 0.25) is 0 Å². The van der Waals surface area contributed by atoms with Crippen molar-refractivity contribution in [1.82, 2.24) is 4.90 Å². The van der Waals surface area contributed by atoms with Crippen molar-refractivity contribution in [2.75, 3.05) is 27.5 Å². The lowest BCUT2D eigenvalue weighted by Crippen LogP contribution is -2.57. The predicted octanol–water partition coefficient (Wildman–Crippen LogP) is 1.83. The molecular weight excluding hydrogens is 306 g/mol. The summed E-state index contributed by atoms with van der Waals surface area (Å²) in [6.45, 7) is 1.32. The number of hydrogen-bond donors (Lipinski definition) is 0. The highest BCUT2D eigenvalue weighted by atomic mass is 16.7. The second-order valence-electron chi connectivity index (χ2n) is 7.33. The molecule has 1 aromatic carbocycles. The van der Waals surface area contributed by atoms with Crippen molar-refractivity contribution in [3.05, 3.63) is 34.9 Å². The van der Waals surface area contributed by atoms with Gasteiger partial charge in [0.15, 0.2) is 17.3 Å². The number of ketones is 1. The highest BCUT2D eigenvalue weighted by Crippen LogP contribution is 2.55. The molecule has 1 saturated heterocycles. The second kappa shape index (κ2) is 4.83. The van der Waals surface area contributed by atoms with E-state index in [1.807, 2.05) is 6.08 Å². The molecule has 2 bridgehead atoms. The Hall–Kier alpha value is -1.85. The normalized spacial score (nSPS) is 33.8. The average molecular weight is 327 g/mol. The van der Waals surface area contributed by atoms with Crippen LogP contribution in [0.4, 0.5) is 0 Å². The third-order valence-corrected chi connectivity index (χ3v) is 6.30. The van der Waals surface area contributed by atoms with Crippen LogP contribution in [0.5, 0.6) is 11.5 Å². The molecule has 3 atom stereocenters. The maximum Gasteiger partial charge on any atom is 0.231 e. The number of likely N-dealkylation sites (N-methyl/N-ethyl adjacent to an activating group) is 1. The summed E-state index contributed by atoms with van der Waals surface area (Å²) in [5.41, 5.74) is 3.77. The van der Waals surface area contributed by atoms with Crippen LogP contribution in [0, 0.1) is 0 Å². The number of likely N-dealkylation sites (tertiary alicyclic amines) is 1. The monoisotopic (exact) mass is 327 g/mol. The van der Waals surface area contributed by atoms with Gasteiger partial charge in [0.25, 0.3) is 0 Å². The number of piperidine rings is 1. The number of benzene rings is 1. The summed E-state index contributed by atoms with van der Waals surface area (Å²) in [5.74, 6) is 1.77. The van der Waals surface area contributed by atoms with Crippen LogP contribution in [0.15, 0.2) is 23.8 Å². The lowest BCUT2D eigenvalue weighted by molar-refractivity contribution is -0.126. The first-order chi connectivity index (χ1) is 11.6. The zero-order valence-electron chi connectivity index (χ0n) is 14.0. The van der Waals surface area contributed by atoms with Crippen LogP contribution in [-0.4, -0.2) is 50.3 Å². The smallest absolute Gasteiger partial charge is 0.231 e. The van der Waals surface area contributed by atoms with Gasteiger partial charge in [-0.2, -0.15) is 0 Å². The SMILES string of the molecule is CO[C@@H]1C[C@]23CCN(C)[C@@H](Cc4cc5c(cc42)OCO5)C3=CC1=O. The van der Waals surface area contributed by atoms with Gasteiger partial charge >= 0.3 is 0 Å². The van der Waals surface area contributed by atoms with Crippen molar-refractivity contribution in [2.45, 2.75) is 36.8 Å². The Bertz CT molecular complexity index is 771. The predicted molar refractivity (Wildman–Crippen MR) is 87.5 cm³/mol. The molecule has 4 aliphatic rings. The number of methoxy groups -OCH3 is 1. The molecule has 5 heteroatoms. The van der Waals surface area contributed by atoms with E-state index in [4.69, 9.17) is 14.2 Å². The van der Waals surface area contributed by atoms with Crippen LogP contribution in [-0.2, 0) is 21.4 Å². The molecular formula is C19H21NO4. The minimum atomic E-state index is -0.353. The highest BCUT2D eigenvalue weighted by Gasteiger charge is 2.53. The van der Waals surface area contributed by atoms with E-state index in [0.29, 0.717) is 0 Å². The highest BCUT2D eigenvalue weighted by molar-refractivity contribution is 5.96. The van der Waals surface area contributed by atoms with Gasteiger partial charge in [0.1, 0.15) is 6.10 Å². The molecule has 5 nitrogen and oxygen atoms in total. The molecule has 2 heterocycles. The summed E-state index contributed by atoms with van der Waals surface area (Å²) in [7, 11) is 3.79. The maximum atomic E-state index is 12.4. The van der Waals surface area contributed by atoms with Crippen molar-refractivity contribution in [3.63, 3.8) is 0 Å². The van der Waals surface area contributed by atoms with E-state index < -0.39 is 0 Å². The van der Waals surface area contributed by atoms with Gasteiger partial charge in [-0.3, -0.25) is 9.69 Å². The second-order valence-corrected chi connectivity index (χ2v) is 7.33. The molecule has 126 valence electrons. The molecule has 2 aliphatic heterocycles. The van der Waals surface area contributed by atoms with Gasteiger partial charge in [0, 0.05) is 18.6 Å². The van der Waals surface area contributed by atoms with E-state index in [-0.39, 0.29) is 30.1 Å². The van der Waals surface area contributed by atoms with Crippen molar-refractivity contribution in [3.8, 4) is 11.5 Å². The van der Waals surface area contributed by atoms with Gasteiger partial charge in [0.05, 0.1) is 0 Å². The van der Waals surface area contributed by atoms with Crippen LogP contribution in [0.3, 0.4) is 0 Å². The van der Waals surface area contributed by atoms with Gasteiger partial charge in [-0.1, -0.05) is 0 Å². The van der Waals surface area contributed by atoms with Gasteiger partial charge in [-0.15, -0.1) is 0 Å². The van der Waals surface area contributed by atoms with Crippen LogP contribution >= 0.6 is 0 Å². The Kier molecular flexibility index (Phi) is 2.92. The van der Waals surface area contributed by atoms with E-state index in [1.165, 1.54) is 16.7 Å². The standard InChI is InChI=1S/C19H21NO4/c1-20-4-3-19-9-18(22-2)15(21)7-13(19)14(20)5-11-6-16-17(8-12(11)19)24-10-23-16/h6-8,14,18H,3-5,9-10H2,1-2H3/t14-,18+,19+/m0/s1. The van der Waals surface area contributed by atoms with Crippen LogP contribution < -0.4 is 9.47 Å². The quantitative estimate of drug-likeness (QED) is 0.787. The number of ether oxygens (including phenoxy) is 3. The van der Waals surface area contributed by atoms with E-state index >= 15 is 0 Å². The maximum absolute atomic E-state index is 12.4. The van der Waals surface area contributed by atoms with E-state index in [0.717, 1.165) is 37.3 Å². The summed E-state index contributed by atoms with van der Waals surface area (Å²) >= 11 is 0. The summed E-state index contributed by atoms with van der Waals surface area (Å²) in [6.07, 6.45) is 4.16. The van der Waals surface area contributed by atoms with Gasteiger partial charge < -0.3 is 14.2 Å². The summed E-state index contributed by atoms with van der Waals surface area (Å²) in [6, 6.07) is 4.57. The van der Waals surface area contributed by atoms with Gasteiger partial charge in [-0.25, -0.2) is 0 Å². The van der Waals surface area contributed by atoms with Crippen molar-refractivity contribution >= 4 is 5.78 Å². The zero-order chi connectivity index (χ0) is 16.5. The average Bonchev–Trinajstić information content (AvgIpc) is 3.04. The summed E-state index contributed by atoms with van der Waals surface area (Å²) in [4.78, 5) is 14.8. The first-order valence-corrected chi connectivity index (χ1v) is 8.54. The minimum Gasteiger partial charge on any atom is -0.454 e. The largest absolute Gasteiger partial charge is 0.454 e. The first-order valence-electron chi connectivity index (χ1n) is 8.54. The topological polar surface area (TPSA) is 48.0 Å². The Balaban J connectivity index is 1.74. The number of nitrogens with zero attached hydrogens (tertiary/aromatic N) is 1. The molecule has 0 unspecified atom stereocenters. The number of rotatable bonds is 1. The van der Waals surface area contributed by atoms with E-state index in [2.05, 4.69) is 24.1 Å². The Labute approximate surface area is 141 Å². The fourth-order valence-corrected chi connectivity index (χ4v) is 5.01. The molecule has 1 fully saturated rings. The van der Waals surface area contributed by atoms with E-state index in [1.54, 1.807) is 7.11 Å². The molecule has 1 aromatic rings. The van der Waals surface area contributed by atoms with Crippen LogP contribution in [0.1, 0.15) is 24.0 Å². The molecule has 0 saturated carbocycles. The summed E-state index contributed by atoms with van der Waals surface area (Å²) < 4.78 is 16.7. The van der Waals surface area contributed by atoms with E-state index in [9.17, 15) is 4.79 Å². The van der Waals surface area contributed by atoms with Gasteiger partial charge in [0.2, 0.25) is 6.79 Å². The molecule has 2 aliphatic carbocycles. The molecule has 5 rings (SSSR count).